The number of aryl methyl sites for hydroxylation is 1. The van der Waals surface area contributed by atoms with E-state index in [0.29, 0.717) is 19.0 Å². The van der Waals surface area contributed by atoms with Crippen LogP contribution in [0.4, 0.5) is 5.82 Å². The zero-order chi connectivity index (χ0) is 19.8. The highest BCUT2D eigenvalue weighted by molar-refractivity contribution is 5.86. The molecule has 0 spiro atoms. The summed E-state index contributed by atoms with van der Waals surface area (Å²) in [4.78, 5) is 28.5. The topological polar surface area (TPSA) is 83.3 Å². The smallest absolute Gasteiger partial charge is 0.229 e. The highest BCUT2D eigenvalue weighted by Gasteiger charge is 2.38. The average Bonchev–Trinajstić information content (AvgIpc) is 3.17. The molecule has 5 rings (SSSR count). The van der Waals surface area contributed by atoms with Crippen molar-refractivity contribution in [2.24, 2.45) is 5.92 Å². The van der Waals surface area contributed by atoms with Gasteiger partial charge in [0, 0.05) is 51.9 Å². The molecule has 2 aromatic heterocycles. The van der Waals surface area contributed by atoms with Gasteiger partial charge in [-0.25, -0.2) is 14.6 Å². The summed E-state index contributed by atoms with van der Waals surface area (Å²) in [6, 6.07) is 0.747. The Labute approximate surface area is 171 Å². The van der Waals surface area contributed by atoms with E-state index >= 15 is 0 Å². The number of fused-ring (bicyclic) bond motifs is 1. The summed E-state index contributed by atoms with van der Waals surface area (Å²) < 4.78 is 1.77. The molecule has 1 amide bonds. The molecule has 156 valence electrons. The molecule has 2 aliphatic heterocycles. The van der Waals surface area contributed by atoms with Crippen LogP contribution in [0.3, 0.4) is 0 Å². The van der Waals surface area contributed by atoms with Crippen molar-refractivity contribution in [2.75, 3.05) is 44.2 Å². The van der Waals surface area contributed by atoms with Gasteiger partial charge in [0.05, 0.1) is 5.92 Å². The van der Waals surface area contributed by atoms with E-state index in [2.05, 4.69) is 35.0 Å². The van der Waals surface area contributed by atoms with Gasteiger partial charge in [-0.15, -0.1) is 5.10 Å². The van der Waals surface area contributed by atoms with Crippen molar-refractivity contribution in [2.45, 2.75) is 51.6 Å². The largest absolute Gasteiger partial charge is 0.353 e. The number of hydrogen-bond acceptors (Lipinski definition) is 7. The van der Waals surface area contributed by atoms with Gasteiger partial charge in [-0.2, -0.15) is 0 Å². The molecule has 0 radical (unpaired) electrons. The Morgan fingerprint density at radius 2 is 1.83 bits per heavy atom. The fourth-order valence-electron chi connectivity index (χ4n) is 5.04. The molecule has 1 saturated carbocycles. The van der Waals surface area contributed by atoms with E-state index in [1.54, 1.807) is 11.0 Å². The first-order valence-electron chi connectivity index (χ1n) is 11.1. The van der Waals surface area contributed by atoms with Crippen LogP contribution in [0, 0.1) is 5.92 Å². The lowest BCUT2D eigenvalue weighted by Gasteiger charge is -2.45. The van der Waals surface area contributed by atoms with Crippen molar-refractivity contribution in [1.29, 1.82) is 0 Å². The lowest BCUT2D eigenvalue weighted by atomic mass is 9.93. The normalized spacial score (nSPS) is 22.2. The molecule has 0 atom stereocenters. The summed E-state index contributed by atoms with van der Waals surface area (Å²) in [7, 11) is 0. The van der Waals surface area contributed by atoms with Gasteiger partial charge in [0.1, 0.15) is 6.33 Å². The molecule has 0 N–H and O–H groups in total. The van der Waals surface area contributed by atoms with Crippen molar-refractivity contribution in [3.05, 3.63) is 6.33 Å². The number of amides is 1. The molecule has 29 heavy (non-hydrogen) atoms. The van der Waals surface area contributed by atoms with Gasteiger partial charge >= 0.3 is 0 Å². The average molecular weight is 399 g/mol. The lowest BCUT2D eigenvalue weighted by molar-refractivity contribution is -0.138. The summed E-state index contributed by atoms with van der Waals surface area (Å²) in [5.74, 6) is 1.15. The number of carbonyl (C=O) groups is 1. The number of aromatic nitrogens is 5. The number of anilines is 1. The summed E-state index contributed by atoms with van der Waals surface area (Å²) in [6.45, 7) is 7.94. The van der Waals surface area contributed by atoms with Crippen LogP contribution >= 0.6 is 0 Å². The van der Waals surface area contributed by atoms with Crippen molar-refractivity contribution in [3.8, 4) is 0 Å². The SMILES string of the molecule is CCn1nnc2c(N3CC(C(=O)N4CCN(C5CCCCC5)CC4)C3)ncnc21. The summed E-state index contributed by atoms with van der Waals surface area (Å²) in [5.41, 5.74) is 1.48. The van der Waals surface area contributed by atoms with E-state index in [9.17, 15) is 4.79 Å². The molecule has 3 aliphatic rings. The predicted molar refractivity (Wildman–Crippen MR) is 110 cm³/mol. The second-order valence-corrected chi connectivity index (χ2v) is 8.53. The van der Waals surface area contributed by atoms with E-state index in [-0.39, 0.29) is 5.92 Å². The van der Waals surface area contributed by atoms with Crippen LogP contribution in [0.1, 0.15) is 39.0 Å². The number of piperazine rings is 1. The van der Waals surface area contributed by atoms with Crippen molar-refractivity contribution in [1.82, 2.24) is 34.8 Å². The Hall–Kier alpha value is -2.29. The van der Waals surface area contributed by atoms with Gasteiger partial charge in [-0.1, -0.05) is 24.5 Å². The van der Waals surface area contributed by atoms with Crippen molar-refractivity contribution in [3.63, 3.8) is 0 Å². The number of hydrogen-bond donors (Lipinski definition) is 0. The predicted octanol–water partition coefficient (Wildman–Crippen LogP) is 1.15. The molecule has 4 heterocycles. The lowest BCUT2D eigenvalue weighted by Crippen LogP contribution is -2.59. The Morgan fingerprint density at radius 3 is 2.55 bits per heavy atom. The molecule has 9 heteroatoms. The maximum absolute atomic E-state index is 13.0. The Morgan fingerprint density at radius 1 is 1.07 bits per heavy atom. The number of nitrogens with zero attached hydrogens (tertiary/aromatic N) is 8. The standard InChI is InChI=1S/C20H30N8O/c1-2-28-19-17(23-24-28)18(21-14-22-19)27-12-15(13-27)20(29)26-10-8-25(9-11-26)16-6-4-3-5-7-16/h14-16H,2-13H2,1H3. The molecule has 2 aromatic rings. The zero-order valence-electron chi connectivity index (χ0n) is 17.2. The quantitative estimate of drug-likeness (QED) is 0.764. The van der Waals surface area contributed by atoms with Gasteiger partial charge in [-0.05, 0) is 19.8 Å². The van der Waals surface area contributed by atoms with Crippen molar-refractivity contribution >= 4 is 22.9 Å². The summed E-state index contributed by atoms with van der Waals surface area (Å²) in [6.07, 6.45) is 8.35. The van der Waals surface area contributed by atoms with E-state index in [4.69, 9.17) is 0 Å². The molecule has 0 bridgehead atoms. The molecular formula is C20H30N8O. The highest BCUT2D eigenvalue weighted by atomic mass is 16.2. The van der Waals surface area contributed by atoms with Crippen molar-refractivity contribution < 1.29 is 4.79 Å². The minimum atomic E-state index is 0.0578. The number of carbonyl (C=O) groups excluding carboxylic acids is 1. The van der Waals surface area contributed by atoms with E-state index in [1.165, 1.54) is 32.1 Å². The maximum Gasteiger partial charge on any atom is 0.229 e. The Balaban J connectivity index is 1.17. The van der Waals surface area contributed by atoms with Gasteiger partial charge in [0.15, 0.2) is 17.0 Å². The van der Waals surface area contributed by atoms with Gasteiger partial charge in [0.2, 0.25) is 5.91 Å². The maximum atomic E-state index is 13.0. The van der Waals surface area contributed by atoms with Crippen LogP contribution in [-0.2, 0) is 11.3 Å². The molecular weight excluding hydrogens is 368 g/mol. The van der Waals surface area contributed by atoms with E-state index in [1.807, 2.05) is 6.92 Å². The Kier molecular flexibility index (Phi) is 5.07. The molecule has 2 saturated heterocycles. The van der Waals surface area contributed by atoms with Gasteiger partial charge in [-0.3, -0.25) is 9.69 Å². The van der Waals surface area contributed by atoms with Crippen LogP contribution in [-0.4, -0.2) is 86.0 Å². The van der Waals surface area contributed by atoms with Crippen LogP contribution in [0.25, 0.3) is 11.2 Å². The summed E-state index contributed by atoms with van der Waals surface area (Å²) in [5, 5.41) is 8.40. The van der Waals surface area contributed by atoms with E-state index in [0.717, 1.165) is 55.7 Å². The first-order valence-corrected chi connectivity index (χ1v) is 11.1. The second-order valence-electron chi connectivity index (χ2n) is 8.53. The van der Waals surface area contributed by atoms with Crippen LogP contribution < -0.4 is 4.90 Å². The molecule has 0 aromatic carbocycles. The van der Waals surface area contributed by atoms with Crippen LogP contribution in [0.5, 0.6) is 0 Å². The minimum absolute atomic E-state index is 0.0578. The number of rotatable bonds is 4. The molecule has 3 fully saturated rings. The van der Waals surface area contributed by atoms with Crippen LogP contribution in [0.15, 0.2) is 6.33 Å². The first kappa shape index (κ1) is 18.7. The van der Waals surface area contributed by atoms with Gasteiger partial charge < -0.3 is 9.80 Å². The first-order chi connectivity index (χ1) is 14.2. The van der Waals surface area contributed by atoms with Crippen LogP contribution in [0.2, 0.25) is 0 Å². The highest BCUT2D eigenvalue weighted by Crippen LogP contribution is 2.29. The summed E-state index contributed by atoms with van der Waals surface area (Å²) >= 11 is 0. The van der Waals surface area contributed by atoms with E-state index < -0.39 is 0 Å². The zero-order valence-corrected chi connectivity index (χ0v) is 17.2. The Bertz CT molecular complexity index is 862. The molecule has 1 aliphatic carbocycles. The molecule has 9 nitrogen and oxygen atoms in total. The fourth-order valence-corrected chi connectivity index (χ4v) is 5.04. The minimum Gasteiger partial charge on any atom is -0.353 e. The third-order valence-electron chi connectivity index (χ3n) is 6.83. The monoisotopic (exact) mass is 398 g/mol. The third kappa shape index (κ3) is 3.45. The van der Waals surface area contributed by atoms with Gasteiger partial charge in [0.25, 0.3) is 0 Å². The fraction of sp³-hybridized carbons (Fsp3) is 0.750. The third-order valence-corrected chi connectivity index (χ3v) is 6.83. The second kappa shape index (κ2) is 7.85. The molecule has 0 unspecified atom stereocenters.